The van der Waals surface area contributed by atoms with Gasteiger partial charge in [0, 0.05) is 24.9 Å². The summed E-state index contributed by atoms with van der Waals surface area (Å²) in [4.78, 5) is 12.6. The van der Waals surface area contributed by atoms with Crippen LogP contribution in [0.1, 0.15) is 43.7 Å². The average Bonchev–Trinajstić information content (AvgIpc) is 2.60. The Morgan fingerprint density at radius 2 is 1.44 bits per heavy atom. The number of hydrogen-bond donors (Lipinski definition) is 2. The minimum atomic E-state index is 0. The molecule has 0 spiro atoms. The van der Waals surface area contributed by atoms with Crippen molar-refractivity contribution in [2.45, 2.75) is 38.6 Å². The van der Waals surface area contributed by atoms with Crippen LogP contribution in [-0.2, 0) is 4.79 Å². The Morgan fingerprint density at radius 3 is 1.84 bits per heavy atom. The molecule has 0 aliphatic heterocycles. The van der Waals surface area contributed by atoms with Crippen molar-refractivity contribution in [3.63, 3.8) is 0 Å². The molecule has 1 atom stereocenters. The lowest BCUT2D eigenvalue weighted by molar-refractivity contribution is -0.122. The van der Waals surface area contributed by atoms with Gasteiger partial charge in [0.15, 0.2) is 0 Å². The van der Waals surface area contributed by atoms with Gasteiger partial charge in [0.05, 0.1) is 0 Å². The van der Waals surface area contributed by atoms with Gasteiger partial charge in [0.25, 0.3) is 0 Å². The Labute approximate surface area is 157 Å². The van der Waals surface area contributed by atoms with Crippen molar-refractivity contribution < 1.29 is 4.79 Å². The lowest BCUT2D eigenvalue weighted by Gasteiger charge is -2.22. The van der Waals surface area contributed by atoms with Crippen LogP contribution < -0.4 is 11.1 Å². The van der Waals surface area contributed by atoms with Crippen molar-refractivity contribution >= 4 is 18.3 Å². The van der Waals surface area contributed by atoms with Gasteiger partial charge in [-0.05, 0) is 23.5 Å². The number of hydrogen-bond acceptors (Lipinski definition) is 2. The summed E-state index contributed by atoms with van der Waals surface area (Å²) in [7, 11) is 0. The first kappa shape index (κ1) is 21.2. The van der Waals surface area contributed by atoms with Gasteiger partial charge >= 0.3 is 0 Å². The van der Waals surface area contributed by atoms with Crippen LogP contribution in [0.5, 0.6) is 0 Å². The molecule has 0 saturated carbocycles. The lowest BCUT2D eigenvalue weighted by Crippen LogP contribution is -2.41. The van der Waals surface area contributed by atoms with Crippen LogP contribution in [0.15, 0.2) is 60.7 Å². The van der Waals surface area contributed by atoms with Gasteiger partial charge in [-0.3, -0.25) is 4.79 Å². The molecule has 0 fully saturated rings. The Kier molecular flexibility index (Phi) is 9.25. The highest BCUT2D eigenvalue weighted by atomic mass is 35.5. The fraction of sp³-hybridized carbons (Fsp3) is 0.381. The van der Waals surface area contributed by atoms with E-state index >= 15 is 0 Å². The molecule has 136 valence electrons. The molecule has 1 amide bonds. The summed E-state index contributed by atoms with van der Waals surface area (Å²) < 4.78 is 0. The number of carbonyl (C=O) groups excluding carboxylic acids is 1. The number of nitrogens with two attached hydrogens (primary N) is 1. The van der Waals surface area contributed by atoms with Crippen LogP contribution >= 0.6 is 12.4 Å². The predicted molar refractivity (Wildman–Crippen MR) is 107 cm³/mol. The lowest BCUT2D eigenvalue weighted by atomic mass is 9.88. The predicted octanol–water partition coefficient (Wildman–Crippen LogP) is 4.12. The monoisotopic (exact) mass is 360 g/mol. The smallest absolute Gasteiger partial charge is 0.221 e. The molecular formula is C21H29ClN2O. The number of carbonyl (C=O) groups is 1. The molecule has 3 nitrogen and oxygen atoms in total. The summed E-state index contributed by atoms with van der Waals surface area (Å²) in [6, 6.07) is 20.4. The maximum absolute atomic E-state index is 12.6. The number of halogens is 1. The number of nitrogens with one attached hydrogen (secondary N) is 1. The molecular weight excluding hydrogens is 332 g/mol. The minimum absolute atomic E-state index is 0. The fourth-order valence-electron chi connectivity index (χ4n) is 3.05. The fourth-order valence-corrected chi connectivity index (χ4v) is 3.05. The van der Waals surface area contributed by atoms with Gasteiger partial charge in [-0.25, -0.2) is 0 Å². The highest BCUT2D eigenvalue weighted by Gasteiger charge is 2.20. The van der Waals surface area contributed by atoms with Crippen molar-refractivity contribution in [3.8, 4) is 0 Å². The normalized spacial score (nSPS) is 11.9. The quantitative estimate of drug-likeness (QED) is 0.744. The molecule has 0 aliphatic carbocycles. The standard InChI is InChI=1S/C21H28N2O.ClH/c1-16(2)13-19(15-22)23-21(24)14-20(17-9-5-3-6-10-17)18-11-7-4-8-12-18;/h3-12,16,19-20H,13-15,22H2,1-2H3,(H,23,24);1H. The largest absolute Gasteiger partial charge is 0.352 e. The van der Waals surface area contributed by atoms with Gasteiger partial charge in [-0.15, -0.1) is 12.4 Å². The molecule has 4 heteroatoms. The van der Waals surface area contributed by atoms with Gasteiger partial charge in [0.2, 0.25) is 5.91 Å². The molecule has 0 aromatic heterocycles. The van der Waals surface area contributed by atoms with Crippen molar-refractivity contribution in [1.29, 1.82) is 0 Å². The molecule has 0 bridgehead atoms. The van der Waals surface area contributed by atoms with E-state index in [1.807, 2.05) is 36.4 Å². The first-order chi connectivity index (χ1) is 11.6. The van der Waals surface area contributed by atoms with Crippen molar-refractivity contribution in [2.24, 2.45) is 11.7 Å². The summed E-state index contributed by atoms with van der Waals surface area (Å²) in [5, 5.41) is 3.10. The second-order valence-corrected chi connectivity index (χ2v) is 6.71. The molecule has 0 aliphatic rings. The maximum atomic E-state index is 12.6. The van der Waals surface area contributed by atoms with E-state index in [-0.39, 0.29) is 30.3 Å². The maximum Gasteiger partial charge on any atom is 0.221 e. The van der Waals surface area contributed by atoms with Crippen LogP contribution in [0.25, 0.3) is 0 Å². The Morgan fingerprint density at radius 1 is 0.960 bits per heavy atom. The molecule has 0 saturated heterocycles. The minimum Gasteiger partial charge on any atom is -0.352 e. The zero-order valence-electron chi connectivity index (χ0n) is 15.0. The SMILES string of the molecule is CC(C)CC(CN)NC(=O)CC(c1ccccc1)c1ccccc1.Cl. The zero-order valence-corrected chi connectivity index (χ0v) is 15.8. The molecule has 3 N–H and O–H groups in total. The van der Waals surface area contributed by atoms with E-state index in [0.29, 0.717) is 18.9 Å². The Bertz CT molecular complexity index is 577. The van der Waals surface area contributed by atoms with E-state index < -0.39 is 0 Å². The third kappa shape index (κ3) is 6.89. The highest BCUT2D eigenvalue weighted by molar-refractivity contribution is 5.85. The summed E-state index contributed by atoms with van der Waals surface area (Å²) in [6.07, 6.45) is 1.34. The Hall–Kier alpha value is -1.84. The van der Waals surface area contributed by atoms with E-state index in [1.165, 1.54) is 0 Å². The third-order valence-electron chi connectivity index (χ3n) is 4.20. The van der Waals surface area contributed by atoms with Crippen LogP contribution in [-0.4, -0.2) is 18.5 Å². The first-order valence-electron chi connectivity index (χ1n) is 8.69. The van der Waals surface area contributed by atoms with Crippen LogP contribution in [0.4, 0.5) is 0 Å². The van der Waals surface area contributed by atoms with Crippen molar-refractivity contribution in [1.82, 2.24) is 5.32 Å². The first-order valence-corrected chi connectivity index (χ1v) is 8.69. The molecule has 1 unspecified atom stereocenters. The van der Waals surface area contributed by atoms with E-state index in [0.717, 1.165) is 17.5 Å². The van der Waals surface area contributed by atoms with Crippen LogP contribution in [0.2, 0.25) is 0 Å². The summed E-state index contributed by atoms with van der Waals surface area (Å²) >= 11 is 0. The molecule has 0 heterocycles. The van der Waals surface area contributed by atoms with Crippen molar-refractivity contribution in [2.75, 3.05) is 6.54 Å². The van der Waals surface area contributed by atoms with E-state index in [9.17, 15) is 4.79 Å². The van der Waals surface area contributed by atoms with Crippen LogP contribution in [0, 0.1) is 5.92 Å². The van der Waals surface area contributed by atoms with Gasteiger partial charge in [-0.1, -0.05) is 74.5 Å². The highest BCUT2D eigenvalue weighted by Crippen LogP contribution is 2.27. The molecule has 2 aromatic carbocycles. The van der Waals surface area contributed by atoms with E-state index in [1.54, 1.807) is 0 Å². The molecule has 0 radical (unpaired) electrons. The molecule has 25 heavy (non-hydrogen) atoms. The Balaban J connectivity index is 0.00000312. The summed E-state index contributed by atoms with van der Waals surface area (Å²) in [5.41, 5.74) is 8.13. The number of benzene rings is 2. The van der Waals surface area contributed by atoms with Gasteiger partial charge in [0.1, 0.15) is 0 Å². The zero-order chi connectivity index (χ0) is 17.4. The number of amides is 1. The van der Waals surface area contributed by atoms with Gasteiger partial charge in [-0.2, -0.15) is 0 Å². The van der Waals surface area contributed by atoms with Gasteiger partial charge < -0.3 is 11.1 Å². The van der Waals surface area contributed by atoms with E-state index in [2.05, 4.69) is 43.4 Å². The van der Waals surface area contributed by atoms with Crippen molar-refractivity contribution in [3.05, 3.63) is 71.8 Å². The van der Waals surface area contributed by atoms with E-state index in [4.69, 9.17) is 5.73 Å². The third-order valence-corrected chi connectivity index (χ3v) is 4.20. The topological polar surface area (TPSA) is 55.1 Å². The summed E-state index contributed by atoms with van der Waals surface area (Å²) in [5.74, 6) is 0.631. The summed E-state index contributed by atoms with van der Waals surface area (Å²) in [6.45, 7) is 4.77. The second kappa shape index (κ2) is 10.9. The molecule has 2 aromatic rings. The number of rotatable bonds is 8. The van der Waals surface area contributed by atoms with Crippen LogP contribution in [0.3, 0.4) is 0 Å². The average molecular weight is 361 g/mol. The second-order valence-electron chi connectivity index (χ2n) is 6.71. The molecule has 2 rings (SSSR count).